The smallest absolute Gasteiger partial charge is 0.302 e. The summed E-state index contributed by atoms with van der Waals surface area (Å²) in [6, 6.07) is 24.9. The van der Waals surface area contributed by atoms with E-state index in [4.69, 9.17) is 4.74 Å². The van der Waals surface area contributed by atoms with Crippen LogP contribution < -0.4 is 4.90 Å². The topological polar surface area (TPSA) is 90.7 Å². The van der Waals surface area contributed by atoms with Crippen LogP contribution in [0.15, 0.2) is 88.7 Å². The van der Waals surface area contributed by atoms with E-state index in [2.05, 4.69) is 15.9 Å². The van der Waals surface area contributed by atoms with E-state index in [1.54, 1.807) is 60.7 Å². The second kappa shape index (κ2) is 12.9. The van der Waals surface area contributed by atoms with E-state index >= 15 is 4.39 Å². The summed E-state index contributed by atoms with van der Waals surface area (Å²) in [5.41, 5.74) is 0.397. The van der Waals surface area contributed by atoms with Gasteiger partial charge in [-0.2, -0.15) is 5.26 Å². The zero-order chi connectivity index (χ0) is 31.6. The zero-order valence-electron chi connectivity index (χ0n) is 25.6. The van der Waals surface area contributed by atoms with Crippen molar-refractivity contribution in [3.8, 4) is 6.07 Å². The molecule has 9 heteroatoms. The van der Waals surface area contributed by atoms with Crippen LogP contribution in [0.2, 0.25) is 0 Å². The molecule has 2 aliphatic heterocycles. The number of sulfone groups is 1. The average molecular weight is 630 g/mol. The lowest BCUT2D eigenvalue weighted by molar-refractivity contribution is -0.149. The van der Waals surface area contributed by atoms with Crippen molar-refractivity contribution in [1.82, 2.24) is 4.90 Å². The normalized spacial score (nSPS) is 22.7. The molecule has 0 aromatic heterocycles. The molecule has 2 saturated heterocycles. The van der Waals surface area contributed by atoms with Gasteiger partial charge in [0.25, 0.3) is 0 Å². The quantitative estimate of drug-likeness (QED) is 0.268. The van der Waals surface area contributed by atoms with Gasteiger partial charge in [-0.15, -0.1) is 0 Å². The largest absolute Gasteiger partial charge is 0.462 e. The third-order valence-corrected chi connectivity index (χ3v) is 11.9. The second-order valence-corrected chi connectivity index (χ2v) is 14.8. The zero-order valence-corrected chi connectivity index (χ0v) is 26.5. The van der Waals surface area contributed by atoms with Gasteiger partial charge < -0.3 is 14.5 Å². The van der Waals surface area contributed by atoms with Crippen LogP contribution in [0.5, 0.6) is 0 Å². The molecule has 0 N–H and O–H groups in total. The average Bonchev–Trinajstić information content (AvgIpc) is 3.49. The van der Waals surface area contributed by atoms with Gasteiger partial charge in [-0.3, -0.25) is 4.79 Å². The number of hydrogen-bond donors (Lipinski definition) is 0. The fourth-order valence-corrected chi connectivity index (χ4v) is 9.24. The van der Waals surface area contributed by atoms with Crippen molar-refractivity contribution in [3.05, 3.63) is 90.2 Å². The highest BCUT2D eigenvalue weighted by Gasteiger charge is 2.54. The number of halogens is 1. The molecule has 3 fully saturated rings. The van der Waals surface area contributed by atoms with Gasteiger partial charge in [0, 0.05) is 49.6 Å². The molecule has 1 aliphatic carbocycles. The van der Waals surface area contributed by atoms with Crippen molar-refractivity contribution in [3.63, 3.8) is 0 Å². The van der Waals surface area contributed by atoms with Crippen molar-refractivity contribution in [2.24, 2.45) is 17.8 Å². The van der Waals surface area contributed by atoms with E-state index < -0.39 is 15.3 Å². The van der Waals surface area contributed by atoms with Gasteiger partial charge in [-0.05, 0) is 93.6 Å². The van der Waals surface area contributed by atoms with Crippen molar-refractivity contribution in [2.45, 2.75) is 60.3 Å². The minimum Gasteiger partial charge on any atom is -0.462 e. The fourth-order valence-electron chi connectivity index (χ4n) is 7.96. The molecule has 3 aromatic carbocycles. The number of carbonyl (C=O) groups excluding carboxylic acids is 1. The first kappa shape index (κ1) is 31.3. The van der Waals surface area contributed by atoms with Crippen molar-refractivity contribution in [1.29, 1.82) is 5.26 Å². The van der Waals surface area contributed by atoms with Crippen LogP contribution in [0.3, 0.4) is 0 Å². The van der Waals surface area contributed by atoms with Crippen molar-refractivity contribution < 1.29 is 22.3 Å². The number of ether oxygens (including phenoxy) is 1. The number of nitrogens with zero attached hydrogens (tertiary/aromatic N) is 3. The van der Waals surface area contributed by atoms with E-state index in [1.807, 2.05) is 12.1 Å². The minimum absolute atomic E-state index is 0.0413. The van der Waals surface area contributed by atoms with Crippen LogP contribution in [-0.2, 0) is 24.8 Å². The molecule has 2 heterocycles. The van der Waals surface area contributed by atoms with Crippen LogP contribution in [-0.4, -0.2) is 58.1 Å². The Labute approximate surface area is 265 Å². The minimum atomic E-state index is -3.54. The Morgan fingerprint density at radius 1 is 0.933 bits per heavy atom. The number of carbonyl (C=O) groups is 1. The molecule has 0 bridgehead atoms. The van der Waals surface area contributed by atoms with Crippen LogP contribution >= 0.6 is 0 Å². The van der Waals surface area contributed by atoms with Crippen molar-refractivity contribution >= 4 is 21.5 Å². The number of likely N-dealkylation sites (tertiary alicyclic amines) is 1. The summed E-state index contributed by atoms with van der Waals surface area (Å²) in [5.74, 6) is -0.515. The molecular formula is C36H40FN3O4S. The maximum atomic E-state index is 15.4. The van der Waals surface area contributed by atoms with Gasteiger partial charge in [0.2, 0.25) is 9.84 Å². The summed E-state index contributed by atoms with van der Waals surface area (Å²) >= 11 is 0. The van der Waals surface area contributed by atoms with Crippen LogP contribution in [0.4, 0.5) is 10.1 Å². The Balaban J connectivity index is 1.08. The van der Waals surface area contributed by atoms with Gasteiger partial charge in [0.05, 0.1) is 21.3 Å². The lowest BCUT2D eigenvalue weighted by Gasteiger charge is -2.47. The number of rotatable bonds is 9. The summed E-state index contributed by atoms with van der Waals surface area (Å²) in [4.78, 5) is 17.2. The maximum absolute atomic E-state index is 15.4. The van der Waals surface area contributed by atoms with E-state index in [9.17, 15) is 18.5 Å². The number of hydrogen-bond acceptors (Lipinski definition) is 7. The standard InChI is InChI=1S/C36H40FN3O4S/c1-26(41)44-35-13-7-11-33(35)36(25-38,32-10-5-6-12-34(32)37)28-18-20-39(21-19-28)22-27-23-40(24-27)29-14-16-31(17-15-29)45(42,43)30-8-3-2-4-9-30/h2-6,8-10,12,14-17,27-28,33,35H,7,11,13,18-24H2,1H3/t33-,35-,36?/m1/s1. The Hall–Kier alpha value is -3.74. The van der Waals surface area contributed by atoms with Crippen molar-refractivity contribution in [2.75, 3.05) is 37.6 Å². The predicted octanol–water partition coefficient (Wildman–Crippen LogP) is 6.00. The SMILES string of the molecule is CC(=O)O[C@@H]1CCC[C@H]1C(C#N)(c1ccccc1F)C1CCN(CC2CN(c3ccc(S(=O)(=O)c4ccccc4)cc3)C2)CC1. The molecule has 0 radical (unpaired) electrons. The van der Waals surface area contributed by atoms with Gasteiger partial charge in [-0.1, -0.05) is 36.4 Å². The number of esters is 1. The van der Waals surface area contributed by atoms with Crippen LogP contribution in [0, 0.1) is 34.9 Å². The molecule has 45 heavy (non-hydrogen) atoms. The van der Waals surface area contributed by atoms with Crippen LogP contribution in [0.1, 0.15) is 44.6 Å². The molecule has 3 aliphatic rings. The third-order valence-electron chi connectivity index (χ3n) is 10.1. The summed E-state index contributed by atoms with van der Waals surface area (Å²) in [6.07, 6.45) is 3.45. The lowest BCUT2D eigenvalue weighted by Crippen LogP contribution is -2.54. The molecule has 7 nitrogen and oxygen atoms in total. The number of anilines is 1. The molecule has 1 saturated carbocycles. The lowest BCUT2D eigenvalue weighted by atomic mass is 9.59. The highest BCUT2D eigenvalue weighted by Crippen LogP contribution is 2.51. The first-order valence-corrected chi connectivity index (χ1v) is 17.4. The third kappa shape index (κ3) is 6.10. The molecule has 3 aromatic rings. The number of nitriles is 1. The molecule has 0 spiro atoms. The molecular weight excluding hydrogens is 589 g/mol. The van der Waals surface area contributed by atoms with Gasteiger partial charge in [-0.25, -0.2) is 12.8 Å². The predicted molar refractivity (Wildman–Crippen MR) is 170 cm³/mol. The molecule has 6 rings (SSSR count). The highest BCUT2D eigenvalue weighted by molar-refractivity contribution is 7.91. The van der Waals surface area contributed by atoms with Gasteiger partial charge in [0.1, 0.15) is 11.9 Å². The first-order chi connectivity index (χ1) is 21.7. The number of piperidine rings is 1. The Kier molecular flexibility index (Phi) is 8.98. The van der Waals surface area contributed by atoms with E-state index in [1.165, 1.54) is 13.0 Å². The fraction of sp³-hybridized carbons (Fsp3) is 0.444. The second-order valence-electron chi connectivity index (χ2n) is 12.8. The summed E-state index contributed by atoms with van der Waals surface area (Å²) < 4.78 is 47.0. The Morgan fingerprint density at radius 3 is 2.22 bits per heavy atom. The molecule has 236 valence electrons. The summed E-state index contributed by atoms with van der Waals surface area (Å²) in [6.45, 7) is 5.80. The Bertz CT molecular complexity index is 1650. The molecule has 3 atom stereocenters. The number of benzene rings is 3. The highest BCUT2D eigenvalue weighted by atomic mass is 32.2. The van der Waals surface area contributed by atoms with E-state index in [0.717, 1.165) is 64.1 Å². The van der Waals surface area contributed by atoms with Gasteiger partial charge in [0.15, 0.2) is 0 Å². The maximum Gasteiger partial charge on any atom is 0.302 e. The van der Waals surface area contributed by atoms with E-state index in [0.29, 0.717) is 22.8 Å². The summed E-state index contributed by atoms with van der Waals surface area (Å²) in [7, 11) is -3.54. The summed E-state index contributed by atoms with van der Waals surface area (Å²) in [5, 5.41) is 10.8. The van der Waals surface area contributed by atoms with E-state index in [-0.39, 0.29) is 34.6 Å². The first-order valence-electron chi connectivity index (χ1n) is 15.9. The Morgan fingerprint density at radius 2 is 1.58 bits per heavy atom. The molecule has 1 unspecified atom stereocenters. The van der Waals surface area contributed by atoms with Crippen LogP contribution in [0.25, 0.3) is 0 Å². The monoisotopic (exact) mass is 629 g/mol. The van der Waals surface area contributed by atoms with Gasteiger partial charge >= 0.3 is 5.97 Å². The molecule has 0 amide bonds.